The second-order valence-corrected chi connectivity index (χ2v) is 5.31. The van der Waals surface area contributed by atoms with Crippen molar-refractivity contribution in [3.63, 3.8) is 0 Å². The van der Waals surface area contributed by atoms with Crippen molar-refractivity contribution in [2.24, 2.45) is 0 Å². The molecule has 1 aromatic carbocycles. The van der Waals surface area contributed by atoms with Crippen LogP contribution in [-0.2, 0) is 12.6 Å². The van der Waals surface area contributed by atoms with Gasteiger partial charge in [-0.3, -0.25) is 0 Å². The lowest BCUT2D eigenvalue weighted by Gasteiger charge is -2.12. The summed E-state index contributed by atoms with van der Waals surface area (Å²) in [6, 6.07) is 8.97. The summed E-state index contributed by atoms with van der Waals surface area (Å²) in [4.78, 5) is 11.0. The van der Waals surface area contributed by atoms with Gasteiger partial charge in [-0.25, -0.2) is 9.97 Å². The summed E-state index contributed by atoms with van der Waals surface area (Å²) in [7, 11) is 0. The summed E-state index contributed by atoms with van der Waals surface area (Å²) in [5.74, 6) is 0.136. The van der Waals surface area contributed by atoms with Gasteiger partial charge < -0.3 is 10.7 Å². The van der Waals surface area contributed by atoms with E-state index in [2.05, 4.69) is 15.0 Å². The first kappa shape index (κ1) is 16.0. The predicted molar refractivity (Wildman–Crippen MR) is 86.0 cm³/mol. The van der Waals surface area contributed by atoms with Crippen LogP contribution < -0.4 is 5.73 Å². The minimum atomic E-state index is -4.38. The molecule has 4 nitrogen and oxygen atoms in total. The van der Waals surface area contributed by atoms with Crippen LogP contribution >= 0.6 is 0 Å². The molecule has 0 saturated carbocycles. The molecule has 2 heterocycles. The van der Waals surface area contributed by atoms with Crippen LogP contribution in [0.15, 0.2) is 42.6 Å². The summed E-state index contributed by atoms with van der Waals surface area (Å²) in [6.07, 6.45) is -2.22. The molecule has 0 aliphatic carbocycles. The Labute approximate surface area is 136 Å². The number of rotatable bonds is 3. The van der Waals surface area contributed by atoms with Crippen molar-refractivity contribution in [2.45, 2.75) is 19.5 Å². The van der Waals surface area contributed by atoms with Gasteiger partial charge in [0.1, 0.15) is 0 Å². The van der Waals surface area contributed by atoms with E-state index in [1.54, 1.807) is 18.2 Å². The minimum absolute atomic E-state index is 0.136. The summed E-state index contributed by atoms with van der Waals surface area (Å²) >= 11 is 0. The second kappa shape index (κ2) is 5.99. The van der Waals surface area contributed by atoms with Crippen LogP contribution in [0, 0.1) is 0 Å². The average molecular weight is 332 g/mol. The monoisotopic (exact) mass is 332 g/mol. The molecule has 0 spiro atoms. The molecular formula is C17H15F3N4. The molecule has 0 amide bonds. The Morgan fingerprint density at radius 1 is 1.08 bits per heavy atom. The molecule has 0 bridgehead atoms. The van der Waals surface area contributed by atoms with Crippen LogP contribution in [0.5, 0.6) is 0 Å². The molecule has 24 heavy (non-hydrogen) atoms. The molecule has 3 aromatic rings. The first-order valence-electron chi connectivity index (χ1n) is 7.37. The van der Waals surface area contributed by atoms with E-state index in [1.807, 2.05) is 6.92 Å². The number of anilines is 1. The van der Waals surface area contributed by atoms with Crippen LogP contribution in [0.2, 0.25) is 0 Å². The third kappa shape index (κ3) is 3.10. The lowest BCUT2D eigenvalue weighted by Crippen LogP contribution is -2.05. The zero-order chi connectivity index (χ0) is 17.3. The van der Waals surface area contributed by atoms with E-state index in [1.165, 1.54) is 18.3 Å². The van der Waals surface area contributed by atoms with Gasteiger partial charge in [0, 0.05) is 17.5 Å². The fraction of sp³-hybridized carbons (Fsp3) is 0.176. The highest BCUT2D eigenvalue weighted by Gasteiger charge is 2.31. The number of H-pyrrole nitrogens is 1. The van der Waals surface area contributed by atoms with Gasteiger partial charge >= 0.3 is 6.18 Å². The van der Waals surface area contributed by atoms with Gasteiger partial charge in [-0.1, -0.05) is 13.0 Å². The Kier molecular flexibility index (Phi) is 4.01. The van der Waals surface area contributed by atoms with Gasteiger partial charge in [-0.15, -0.1) is 0 Å². The predicted octanol–water partition coefficient (Wildman–Crippen LogP) is 4.30. The molecule has 7 heteroatoms. The molecule has 0 unspecified atom stereocenters. The quantitative estimate of drug-likeness (QED) is 0.751. The highest BCUT2D eigenvalue weighted by atomic mass is 19.4. The van der Waals surface area contributed by atoms with Crippen LogP contribution in [-0.4, -0.2) is 15.0 Å². The zero-order valence-corrected chi connectivity index (χ0v) is 12.9. The van der Waals surface area contributed by atoms with Crippen LogP contribution in [0.4, 0.5) is 19.1 Å². The second-order valence-electron chi connectivity index (χ2n) is 5.31. The number of halogens is 3. The molecule has 3 rings (SSSR count). The van der Waals surface area contributed by atoms with E-state index >= 15 is 0 Å². The lowest BCUT2D eigenvalue weighted by molar-refractivity contribution is -0.137. The van der Waals surface area contributed by atoms with E-state index in [0.717, 1.165) is 11.6 Å². The molecule has 2 aromatic heterocycles. The first-order valence-corrected chi connectivity index (χ1v) is 7.37. The number of alkyl halides is 3. The molecule has 0 atom stereocenters. The number of aryl methyl sites for hydroxylation is 1. The minimum Gasteiger partial charge on any atom is -0.368 e. The van der Waals surface area contributed by atoms with Crippen molar-refractivity contribution in [1.29, 1.82) is 0 Å². The Morgan fingerprint density at radius 3 is 2.50 bits per heavy atom. The smallest absolute Gasteiger partial charge is 0.368 e. The maximum atomic E-state index is 13.0. The van der Waals surface area contributed by atoms with Crippen molar-refractivity contribution >= 4 is 5.95 Å². The number of benzene rings is 1. The fourth-order valence-electron chi connectivity index (χ4n) is 2.54. The highest BCUT2D eigenvalue weighted by molar-refractivity contribution is 5.70. The van der Waals surface area contributed by atoms with Gasteiger partial charge in [-0.05, 0) is 42.3 Å². The Bertz CT molecular complexity index is 868. The van der Waals surface area contributed by atoms with Gasteiger partial charge in [0.25, 0.3) is 0 Å². The Hall–Kier alpha value is -2.83. The van der Waals surface area contributed by atoms with Gasteiger partial charge in [0.15, 0.2) is 0 Å². The van der Waals surface area contributed by atoms with Gasteiger partial charge in [0.2, 0.25) is 5.95 Å². The number of nitrogens with two attached hydrogens (primary N) is 1. The molecule has 124 valence electrons. The average Bonchev–Trinajstić information content (AvgIpc) is 3.03. The standard InChI is InChI=1S/C17H15F3N4/c1-2-10-3-4-11(17(18,19)20)9-12(10)13-5-6-14(23-13)15-7-8-22-16(21)24-15/h3-9,23H,2H2,1H3,(H2,21,22,24). The highest BCUT2D eigenvalue weighted by Crippen LogP contribution is 2.34. The van der Waals surface area contributed by atoms with Crippen LogP contribution in [0.25, 0.3) is 22.6 Å². The number of hydrogen-bond acceptors (Lipinski definition) is 3. The fourth-order valence-corrected chi connectivity index (χ4v) is 2.54. The summed E-state index contributed by atoms with van der Waals surface area (Å²) in [5, 5.41) is 0. The van der Waals surface area contributed by atoms with E-state index in [4.69, 9.17) is 5.73 Å². The van der Waals surface area contributed by atoms with Gasteiger partial charge in [-0.2, -0.15) is 13.2 Å². The van der Waals surface area contributed by atoms with Crippen molar-refractivity contribution in [3.05, 3.63) is 53.7 Å². The number of aromatic amines is 1. The molecule has 0 fully saturated rings. The van der Waals surface area contributed by atoms with E-state index in [0.29, 0.717) is 29.1 Å². The van der Waals surface area contributed by atoms with Crippen molar-refractivity contribution < 1.29 is 13.2 Å². The normalized spacial score (nSPS) is 11.7. The maximum absolute atomic E-state index is 13.0. The van der Waals surface area contributed by atoms with Crippen molar-refractivity contribution in [3.8, 4) is 22.6 Å². The molecule has 0 saturated heterocycles. The number of nitrogens with one attached hydrogen (secondary N) is 1. The van der Waals surface area contributed by atoms with E-state index < -0.39 is 11.7 Å². The third-order valence-corrected chi connectivity index (χ3v) is 3.74. The topological polar surface area (TPSA) is 67.6 Å². The van der Waals surface area contributed by atoms with Gasteiger partial charge in [0.05, 0.1) is 17.0 Å². The van der Waals surface area contributed by atoms with Crippen LogP contribution in [0.1, 0.15) is 18.1 Å². The molecule has 3 N–H and O–H groups in total. The summed E-state index contributed by atoms with van der Waals surface area (Å²) in [6.45, 7) is 1.90. The maximum Gasteiger partial charge on any atom is 0.416 e. The molecular weight excluding hydrogens is 317 g/mol. The zero-order valence-electron chi connectivity index (χ0n) is 12.9. The largest absolute Gasteiger partial charge is 0.416 e. The van der Waals surface area contributed by atoms with Crippen molar-refractivity contribution in [2.75, 3.05) is 5.73 Å². The van der Waals surface area contributed by atoms with E-state index in [-0.39, 0.29) is 5.95 Å². The summed E-state index contributed by atoms with van der Waals surface area (Å²) < 4.78 is 39.0. The molecule has 0 aliphatic heterocycles. The first-order chi connectivity index (χ1) is 11.4. The Balaban J connectivity index is 2.06. The SMILES string of the molecule is CCc1ccc(C(F)(F)F)cc1-c1ccc(-c2ccnc(N)n2)[nH]1. The summed E-state index contributed by atoms with van der Waals surface area (Å²) in [5.41, 5.74) is 8.11. The van der Waals surface area contributed by atoms with E-state index in [9.17, 15) is 13.2 Å². The number of nitrogens with zero attached hydrogens (tertiary/aromatic N) is 2. The third-order valence-electron chi connectivity index (χ3n) is 3.74. The van der Waals surface area contributed by atoms with Crippen LogP contribution in [0.3, 0.4) is 0 Å². The number of aromatic nitrogens is 3. The molecule has 0 aliphatic rings. The molecule has 0 radical (unpaired) electrons. The lowest BCUT2D eigenvalue weighted by atomic mass is 9.99. The number of nitrogen functional groups attached to an aromatic ring is 1. The number of hydrogen-bond donors (Lipinski definition) is 2. The Morgan fingerprint density at radius 2 is 1.83 bits per heavy atom. The van der Waals surface area contributed by atoms with Crippen molar-refractivity contribution in [1.82, 2.24) is 15.0 Å².